The number of aryl methyl sites for hydroxylation is 1. The van der Waals surface area contributed by atoms with Crippen LogP contribution in [0.2, 0.25) is 0 Å². The molecule has 1 amide bonds. The highest BCUT2D eigenvalue weighted by molar-refractivity contribution is 7.71. The third kappa shape index (κ3) is 2.74. The van der Waals surface area contributed by atoms with E-state index >= 15 is 0 Å². The molecule has 1 rings (SSSR count). The minimum absolute atomic E-state index is 0.0854. The van der Waals surface area contributed by atoms with E-state index in [1.54, 1.807) is 9.47 Å². The molecular formula is C11H20N4OS. The van der Waals surface area contributed by atoms with Gasteiger partial charge in [-0.15, -0.1) is 0 Å². The predicted molar refractivity (Wildman–Crippen MR) is 69.4 cm³/mol. The fourth-order valence-electron chi connectivity index (χ4n) is 1.90. The van der Waals surface area contributed by atoms with Crippen molar-refractivity contribution in [3.63, 3.8) is 0 Å². The van der Waals surface area contributed by atoms with Gasteiger partial charge in [0, 0.05) is 19.5 Å². The van der Waals surface area contributed by atoms with Crippen LogP contribution in [0.5, 0.6) is 0 Å². The van der Waals surface area contributed by atoms with Gasteiger partial charge in [0.1, 0.15) is 11.9 Å². The standard InChI is InChI=1S/C11H20N4OS/c1-5-9-12-13-11(17)15(9)8(4)10(16)14(6-2)7-3/h8H,5-7H2,1-4H3,(H,13,17). The third-order valence-corrected chi connectivity index (χ3v) is 3.20. The molecule has 0 bridgehead atoms. The van der Waals surface area contributed by atoms with Crippen molar-refractivity contribution in [3.05, 3.63) is 10.6 Å². The molecule has 17 heavy (non-hydrogen) atoms. The number of likely N-dealkylation sites (N-methyl/N-ethyl adjacent to an activating group) is 1. The Balaban J connectivity index is 3.03. The van der Waals surface area contributed by atoms with E-state index in [4.69, 9.17) is 12.2 Å². The Labute approximate surface area is 107 Å². The van der Waals surface area contributed by atoms with E-state index < -0.39 is 0 Å². The maximum atomic E-state index is 12.2. The summed E-state index contributed by atoms with van der Waals surface area (Å²) < 4.78 is 2.31. The lowest BCUT2D eigenvalue weighted by Crippen LogP contribution is -2.36. The number of H-pyrrole nitrogens is 1. The van der Waals surface area contributed by atoms with Crippen LogP contribution in [0.1, 0.15) is 39.6 Å². The second-order valence-corrected chi connectivity index (χ2v) is 4.24. The molecular weight excluding hydrogens is 236 g/mol. The molecule has 1 N–H and O–H groups in total. The number of carbonyl (C=O) groups is 1. The zero-order valence-corrected chi connectivity index (χ0v) is 11.7. The largest absolute Gasteiger partial charge is 0.341 e. The molecule has 0 aromatic carbocycles. The maximum Gasteiger partial charge on any atom is 0.245 e. The minimum atomic E-state index is -0.295. The Morgan fingerprint density at radius 3 is 2.53 bits per heavy atom. The van der Waals surface area contributed by atoms with Crippen LogP contribution in [0.15, 0.2) is 0 Å². The Bertz CT molecular complexity index is 433. The van der Waals surface area contributed by atoms with Crippen LogP contribution in [0.3, 0.4) is 0 Å². The van der Waals surface area contributed by atoms with Crippen LogP contribution < -0.4 is 0 Å². The van der Waals surface area contributed by atoms with E-state index in [1.165, 1.54) is 0 Å². The van der Waals surface area contributed by atoms with E-state index in [0.29, 0.717) is 17.9 Å². The summed E-state index contributed by atoms with van der Waals surface area (Å²) in [5, 5.41) is 6.87. The first kappa shape index (κ1) is 13.9. The fraction of sp³-hybridized carbons (Fsp3) is 0.727. The van der Waals surface area contributed by atoms with Gasteiger partial charge in [-0.2, -0.15) is 5.10 Å². The lowest BCUT2D eigenvalue weighted by Gasteiger charge is -2.24. The number of amides is 1. The summed E-state index contributed by atoms with van der Waals surface area (Å²) in [7, 11) is 0. The molecule has 1 atom stereocenters. The molecule has 5 nitrogen and oxygen atoms in total. The Morgan fingerprint density at radius 2 is 2.06 bits per heavy atom. The third-order valence-electron chi connectivity index (χ3n) is 2.91. The van der Waals surface area contributed by atoms with Gasteiger partial charge in [-0.05, 0) is 33.0 Å². The van der Waals surface area contributed by atoms with Crippen molar-refractivity contribution in [2.24, 2.45) is 0 Å². The summed E-state index contributed by atoms with van der Waals surface area (Å²) in [5.41, 5.74) is 0. The first-order valence-corrected chi connectivity index (χ1v) is 6.42. The van der Waals surface area contributed by atoms with Crippen LogP contribution in [0.25, 0.3) is 0 Å². The molecule has 1 heterocycles. The predicted octanol–water partition coefficient (Wildman–Crippen LogP) is 1.93. The lowest BCUT2D eigenvalue weighted by molar-refractivity contribution is -0.134. The number of hydrogen-bond donors (Lipinski definition) is 1. The van der Waals surface area contributed by atoms with Crippen LogP contribution in [0.4, 0.5) is 0 Å². The van der Waals surface area contributed by atoms with Crippen molar-refractivity contribution >= 4 is 18.1 Å². The molecule has 0 radical (unpaired) electrons. The molecule has 0 aliphatic heterocycles. The SMILES string of the molecule is CCc1n[nH]c(=S)n1C(C)C(=O)N(CC)CC. The zero-order chi connectivity index (χ0) is 13.0. The molecule has 0 aliphatic carbocycles. The van der Waals surface area contributed by atoms with E-state index in [-0.39, 0.29) is 11.9 Å². The Hall–Kier alpha value is -1.17. The topological polar surface area (TPSA) is 53.9 Å². The molecule has 0 fully saturated rings. The summed E-state index contributed by atoms with van der Waals surface area (Å²) >= 11 is 5.17. The second-order valence-electron chi connectivity index (χ2n) is 3.86. The van der Waals surface area contributed by atoms with Crippen molar-refractivity contribution in [3.8, 4) is 0 Å². The van der Waals surface area contributed by atoms with Gasteiger partial charge in [-0.25, -0.2) is 0 Å². The number of hydrogen-bond acceptors (Lipinski definition) is 3. The molecule has 0 aliphatic rings. The van der Waals surface area contributed by atoms with Crippen LogP contribution in [-0.4, -0.2) is 38.7 Å². The van der Waals surface area contributed by atoms with Gasteiger partial charge in [-0.1, -0.05) is 6.92 Å². The van der Waals surface area contributed by atoms with Crippen molar-refractivity contribution in [2.45, 2.75) is 40.2 Å². The fourth-order valence-corrected chi connectivity index (χ4v) is 2.21. The molecule has 1 aromatic rings. The summed E-state index contributed by atoms with van der Waals surface area (Å²) in [4.78, 5) is 14.0. The van der Waals surface area contributed by atoms with Gasteiger partial charge in [0.15, 0.2) is 4.77 Å². The summed E-state index contributed by atoms with van der Waals surface area (Å²) in [6.07, 6.45) is 0.753. The molecule has 6 heteroatoms. The highest BCUT2D eigenvalue weighted by atomic mass is 32.1. The first-order valence-electron chi connectivity index (χ1n) is 6.01. The summed E-state index contributed by atoms with van der Waals surface area (Å²) in [5.74, 6) is 0.908. The average molecular weight is 256 g/mol. The first-order chi connectivity index (χ1) is 8.06. The van der Waals surface area contributed by atoms with Crippen molar-refractivity contribution in [2.75, 3.05) is 13.1 Å². The number of nitrogens with one attached hydrogen (secondary N) is 1. The minimum Gasteiger partial charge on any atom is -0.341 e. The van der Waals surface area contributed by atoms with Crippen LogP contribution >= 0.6 is 12.2 Å². The van der Waals surface area contributed by atoms with E-state index in [9.17, 15) is 4.79 Å². The number of nitrogens with zero attached hydrogens (tertiary/aromatic N) is 3. The van der Waals surface area contributed by atoms with E-state index in [1.807, 2.05) is 27.7 Å². The number of carbonyl (C=O) groups excluding carboxylic acids is 1. The molecule has 1 unspecified atom stereocenters. The quantitative estimate of drug-likeness (QED) is 0.819. The number of aromatic amines is 1. The van der Waals surface area contributed by atoms with Gasteiger partial charge in [0.25, 0.3) is 0 Å². The average Bonchev–Trinajstić information content (AvgIpc) is 2.70. The molecule has 1 aromatic heterocycles. The Kier molecular flexibility index (Phi) is 4.86. The monoisotopic (exact) mass is 256 g/mol. The van der Waals surface area contributed by atoms with Gasteiger partial charge >= 0.3 is 0 Å². The second kappa shape index (κ2) is 5.95. The van der Waals surface area contributed by atoms with Gasteiger partial charge in [0.05, 0.1) is 0 Å². The zero-order valence-electron chi connectivity index (χ0n) is 10.9. The van der Waals surface area contributed by atoms with Gasteiger partial charge in [-0.3, -0.25) is 14.5 Å². The molecule has 96 valence electrons. The maximum absolute atomic E-state index is 12.2. The van der Waals surface area contributed by atoms with Crippen LogP contribution in [-0.2, 0) is 11.2 Å². The van der Waals surface area contributed by atoms with E-state index in [0.717, 1.165) is 12.2 Å². The van der Waals surface area contributed by atoms with Crippen molar-refractivity contribution in [1.82, 2.24) is 19.7 Å². The molecule has 0 spiro atoms. The van der Waals surface area contributed by atoms with Crippen molar-refractivity contribution in [1.29, 1.82) is 0 Å². The summed E-state index contributed by atoms with van der Waals surface area (Å²) in [6, 6.07) is -0.295. The van der Waals surface area contributed by atoms with Crippen molar-refractivity contribution < 1.29 is 4.79 Å². The van der Waals surface area contributed by atoms with Gasteiger partial charge in [0.2, 0.25) is 5.91 Å². The van der Waals surface area contributed by atoms with Crippen LogP contribution in [0, 0.1) is 4.77 Å². The van der Waals surface area contributed by atoms with Gasteiger partial charge < -0.3 is 4.90 Å². The van der Waals surface area contributed by atoms with E-state index in [2.05, 4.69) is 10.2 Å². The lowest BCUT2D eigenvalue weighted by atomic mass is 10.2. The number of aromatic nitrogens is 3. The highest BCUT2D eigenvalue weighted by Gasteiger charge is 2.22. The summed E-state index contributed by atoms with van der Waals surface area (Å²) in [6.45, 7) is 9.24. The smallest absolute Gasteiger partial charge is 0.245 e. The molecule has 0 saturated carbocycles. The Morgan fingerprint density at radius 1 is 1.47 bits per heavy atom. The normalized spacial score (nSPS) is 12.5. The molecule has 0 saturated heterocycles. The number of rotatable bonds is 5. The highest BCUT2D eigenvalue weighted by Crippen LogP contribution is 2.13.